The Morgan fingerprint density at radius 1 is 0.941 bits per heavy atom. The van der Waals surface area contributed by atoms with Crippen molar-refractivity contribution in [2.24, 2.45) is 7.05 Å². The Labute approximate surface area is 200 Å². The van der Waals surface area contributed by atoms with Crippen molar-refractivity contribution in [3.05, 3.63) is 90.4 Å². The van der Waals surface area contributed by atoms with Gasteiger partial charge in [0.2, 0.25) is 5.91 Å². The van der Waals surface area contributed by atoms with Gasteiger partial charge in [0, 0.05) is 69.3 Å². The number of hydrogen-bond donors (Lipinski definition) is 1. The average molecular weight is 454 g/mol. The third-order valence-corrected chi connectivity index (χ3v) is 6.69. The Morgan fingerprint density at radius 3 is 2.50 bits per heavy atom. The summed E-state index contributed by atoms with van der Waals surface area (Å²) in [5.74, 6) is 0.0137. The molecule has 4 aromatic rings. The molecule has 0 aliphatic carbocycles. The second-order valence-electron chi connectivity index (χ2n) is 8.96. The zero-order chi connectivity index (χ0) is 23.3. The van der Waals surface area contributed by atoms with Crippen molar-refractivity contribution >= 4 is 28.2 Å². The van der Waals surface area contributed by atoms with E-state index in [0.29, 0.717) is 6.42 Å². The van der Waals surface area contributed by atoms with Crippen molar-refractivity contribution in [2.75, 3.05) is 42.9 Å². The number of amides is 1. The summed E-state index contributed by atoms with van der Waals surface area (Å²) >= 11 is 0. The molecule has 5 rings (SSSR count). The average Bonchev–Trinajstić information content (AvgIpc) is 3.19. The van der Waals surface area contributed by atoms with Crippen molar-refractivity contribution < 1.29 is 4.79 Å². The minimum atomic E-state index is 0.0137. The van der Waals surface area contributed by atoms with Gasteiger partial charge in [0.05, 0.1) is 17.8 Å². The summed E-state index contributed by atoms with van der Waals surface area (Å²) in [4.78, 5) is 22.0. The van der Waals surface area contributed by atoms with E-state index in [9.17, 15) is 4.79 Å². The van der Waals surface area contributed by atoms with Gasteiger partial charge in [0.25, 0.3) is 0 Å². The fraction of sp³-hybridized carbons (Fsp3) is 0.286. The van der Waals surface area contributed by atoms with E-state index in [1.807, 2.05) is 49.8 Å². The Bertz CT molecular complexity index is 1260. The molecule has 1 saturated heterocycles. The first-order valence-electron chi connectivity index (χ1n) is 12.0. The molecule has 174 valence electrons. The highest BCUT2D eigenvalue weighted by Crippen LogP contribution is 2.27. The molecule has 6 heteroatoms. The molecule has 2 aromatic carbocycles. The number of anilines is 2. The van der Waals surface area contributed by atoms with Gasteiger partial charge in [-0.25, -0.2) is 0 Å². The first kappa shape index (κ1) is 22.2. The number of fused-ring (bicyclic) bond motifs is 1. The summed E-state index contributed by atoms with van der Waals surface area (Å²) in [5.41, 5.74) is 5.51. The Hall–Kier alpha value is -3.64. The van der Waals surface area contributed by atoms with Gasteiger partial charge < -0.3 is 14.8 Å². The van der Waals surface area contributed by atoms with E-state index in [-0.39, 0.29) is 5.91 Å². The second kappa shape index (κ2) is 10.1. The van der Waals surface area contributed by atoms with Crippen LogP contribution >= 0.6 is 0 Å². The predicted molar refractivity (Wildman–Crippen MR) is 138 cm³/mol. The standard InChI is InChI=1S/C28H31N5O/c1-31-21-23(24-6-2-4-8-26(24)31)20-28(34)30-25-7-3-5-9-27(25)33-18-16-32(17-19-33)15-12-22-10-13-29-14-11-22/h2-11,13-14,21H,12,15-20H2,1H3,(H,30,34). The molecule has 3 heterocycles. The largest absolute Gasteiger partial charge is 0.367 e. The quantitative estimate of drug-likeness (QED) is 0.457. The zero-order valence-electron chi connectivity index (χ0n) is 19.7. The van der Waals surface area contributed by atoms with Crippen molar-refractivity contribution in [1.29, 1.82) is 0 Å². The number of para-hydroxylation sites is 3. The van der Waals surface area contributed by atoms with E-state index >= 15 is 0 Å². The molecule has 1 aliphatic heterocycles. The molecule has 0 bridgehead atoms. The van der Waals surface area contributed by atoms with Crippen LogP contribution in [0.4, 0.5) is 11.4 Å². The molecule has 2 aromatic heterocycles. The molecule has 1 amide bonds. The van der Waals surface area contributed by atoms with Gasteiger partial charge >= 0.3 is 0 Å². The van der Waals surface area contributed by atoms with Crippen LogP contribution in [0.15, 0.2) is 79.3 Å². The van der Waals surface area contributed by atoms with Crippen LogP contribution in [0, 0.1) is 0 Å². The van der Waals surface area contributed by atoms with Gasteiger partial charge in [0.15, 0.2) is 0 Å². The maximum atomic E-state index is 13.0. The highest BCUT2D eigenvalue weighted by Gasteiger charge is 2.20. The van der Waals surface area contributed by atoms with E-state index in [1.165, 1.54) is 5.56 Å². The Balaban J connectivity index is 1.20. The molecule has 0 spiro atoms. The lowest BCUT2D eigenvalue weighted by molar-refractivity contribution is -0.115. The maximum Gasteiger partial charge on any atom is 0.228 e. The fourth-order valence-corrected chi connectivity index (χ4v) is 4.84. The molecule has 0 saturated carbocycles. The van der Waals surface area contributed by atoms with E-state index in [1.54, 1.807) is 0 Å². The van der Waals surface area contributed by atoms with Gasteiger partial charge in [-0.3, -0.25) is 14.7 Å². The Kier molecular flexibility index (Phi) is 6.58. The number of carbonyl (C=O) groups is 1. The summed E-state index contributed by atoms with van der Waals surface area (Å²) in [6.45, 7) is 4.99. The van der Waals surface area contributed by atoms with Crippen molar-refractivity contribution in [3.8, 4) is 0 Å². The molecule has 0 unspecified atom stereocenters. The number of aryl methyl sites for hydroxylation is 1. The molecule has 0 radical (unpaired) electrons. The van der Waals surface area contributed by atoms with Crippen LogP contribution in [0.1, 0.15) is 11.1 Å². The van der Waals surface area contributed by atoms with Crippen LogP contribution in [0.2, 0.25) is 0 Å². The van der Waals surface area contributed by atoms with Gasteiger partial charge in [-0.2, -0.15) is 0 Å². The van der Waals surface area contributed by atoms with E-state index in [2.05, 4.69) is 61.2 Å². The Morgan fingerprint density at radius 2 is 1.68 bits per heavy atom. The molecule has 1 N–H and O–H groups in total. The molecule has 1 fully saturated rings. The number of rotatable bonds is 7. The van der Waals surface area contributed by atoms with Crippen LogP contribution in [0.5, 0.6) is 0 Å². The second-order valence-corrected chi connectivity index (χ2v) is 8.96. The normalized spacial score (nSPS) is 14.4. The minimum absolute atomic E-state index is 0.0137. The van der Waals surface area contributed by atoms with Crippen molar-refractivity contribution in [3.63, 3.8) is 0 Å². The lowest BCUT2D eigenvalue weighted by atomic mass is 10.1. The summed E-state index contributed by atoms with van der Waals surface area (Å²) in [6, 6.07) is 20.6. The highest BCUT2D eigenvalue weighted by atomic mass is 16.1. The lowest BCUT2D eigenvalue weighted by Gasteiger charge is -2.37. The van der Waals surface area contributed by atoms with Gasteiger partial charge in [-0.05, 0) is 47.9 Å². The van der Waals surface area contributed by atoms with Crippen LogP contribution in [-0.2, 0) is 24.7 Å². The summed E-state index contributed by atoms with van der Waals surface area (Å²) < 4.78 is 2.08. The first-order chi connectivity index (χ1) is 16.7. The topological polar surface area (TPSA) is 53.4 Å². The van der Waals surface area contributed by atoms with Crippen LogP contribution in [0.25, 0.3) is 10.9 Å². The SMILES string of the molecule is Cn1cc(CC(=O)Nc2ccccc2N2CCN(CCc3ccncc3)CC2)c2ccccc21. The number of aromatic nitrogens is 2. The molecular weight excluding hydrogens is 422 g/mol. The minimum Gasteiger partial charge on any atom is -0.367 e. The van der Waals surface area contributed by atoms with Crippen molar-refractivity contribution in [1.82, 2.24) is 14.5 Å². The number of benzene rings is 2. The molecule has 34 heavy (non-hydrogen) atoms. The lowest BCUT2D eigenvalue weighted by Crippen LogP contribution is -2.47. The third kappa shape index (κ3) is 4.97. The number of piperazine rings is 1. The summed E-state index contributed by atoms with van der Waals surface area (Å²) in [5, 5.41) is 4.31. The van der Waals surface area contributed by atoms with Crippen molar-refractivity contribution in [2.45, 2.75) is 12.8 Å². The zero-order valence-corrected chi connectivity index (χ0v) is 19.7. The molecular formula is C28H31N5O. The summed E-state index contributed by atoms with van der Waals surface area (Å²) in [7, 11) is 2.02. The van der Waals surface area contributed by atoms with E-state index < -0.39 is 0 Å². The number of hydrogen-bond acceptors (Lipinski definition) is 4. The third-order valence-electron chi connectivity index (χ3n) is 6.69. The van der Waals surface area contributed by atoms with Gasteiger partial charge in [0.1, 0.15) is 0 Å². The number of nitrogens with one attached hydrogen (secondary N) is 1. The predicted octanol–water partition coefficient (Wildman–Crippen LogP) is 4.12. The van der Waals surface area contributed by atoms with E-state index in [4.69, 9.17) is 0 Å². The van der Waals surface area contributed by atoms with Crippen LogP contribution in [0.3, 0.4) is 0 Å². The monoisotopic (exact) mass is 453 g/mol. The maximum absolute atomic E-state index is 13.0. The first-order valence-corrected chi connectivity index (χ1v) is 12.0. The molecule has 6 nitrogen and oxygen atoms in total. The molecule has 1 aliphatic rings. The van der Waals surface area contributed by atoms with Crippen LogP contribution in [-0.4, -0.2) is 53.1 Å². The smallest absolute Gasteiger partial charge is 0.228 e. The fourth-order valence-electron chi connectivity index (χ4n) is 4.84. The molecule has 0 atom stereocenters. The number of nitrogens with zero attached hydrogens (tertiary/aromatic N) is 4. The van der Waals surface area contributed by atoms with Gasteiger partial charge in [-0.1, -0.05) is 30.3 Å². The summed E-state index contributed by atoms with van der Waals surface area (Å²) in [6.07, 6.45) is 7.18. The van der Waals surface area contributed by atoms with Crippen LogP contribution < -0.4 is 10.2 Å². The highest BCUT2D eigenvalue weighted by molar-refractivity contribution is 5.98. The number of carbonyl (C=O) groups excluding carboxylic acids is 1. The number of pyridine rings is 1. The van der Waals surface area contributed by atoms with Gasteiger partial charge in [-0.15, -0.1) is 0 Å². The van der Waals surface area contributed by atoms with E-state index in [0.717, 1.165) is 67.0 Å².